The first-order valence-electron chi connectivity index (χ1n) is 11.2. The van der Waals surface area contributed by atoms with Crippen molar-refractivity contribution < 1.29 is 23.8 Å². The minimum Gasteiger partial charge on any atom is -0.492 e. The Kier molecular flexibility index (Phi) is 8.78. The van der Waals surface area contributed by atoms with Gasteiger partial charge in [0.25, 0.3) is 11.8 Å². The minimum absolute atomic E-state index is 0.0227. The summed E-state index contributed by atoms with van der Waals surface area (Å²) in [5.74, 6) is 1.53. The van der Waals surface area contributed by atoms with Gasteiger partial charge in [-0.2, -0.15) is 0 Å². The SMILES string of the molecule is CCOc1cc(C(=O)N(C)CCOc2ccccc2)ccc1OCC(=O)N1CCCCC1. The zero-order chi connectivity index (χ0) is 22.8. The second kappa shape index (κ2) is 12.0. The normalized spacial score (nSPS) is 13.4. The molecular weight excluding hydrogens is 408 g/mol. The summed E-state index contributed by atoms with van der Waals surface area (Å²) in [5.41, 5.74) is 0.491. The van der Waals surface area contributed by atoms with E-state index >= 15 is 0 Å². The first kappa shape index (κ1) is 23.4. The molecule has 2 aromatic rings. The zero-order valence-electron chi connectivity index (χ0n) is 18.9. The second-order valence-electron chi connectivity index (χ2n) is 7.71. The lowest BCUT2D eigenvalue weighted by Crippen LogP contribution is -2.38. The van der Waals surface area contributed by atoms with Gasteiger partial charge in [-0.25, -0.2) is 0 Å². The Bertz CT molecular complexity index is 881. The van der Waals surface area contributed by atoms with Crippen LogP contribution in [0.3, 0.4) is 0 Å². The average Bonchev–Trinajstić information content (AvgIpc) is 2.84. The first-order valence-corrected chi connectivity index (χ1v) is 11.2. The van der Waals surface area contributed by atoms with Crippen molar-refractivity contribution in [1.82, 2.24) is 9.80 Å². The number of piperidine rings is 1. The van der Waals surface area contributed by atoms with Gasteiger partial charge < -0.3 is 24.0 Å². The van der Waals surface area contributed by atoms with Crippen LogP contribution in [0.5, 0.6) is 17.2 Å². The van der Waals surface area contributed by atoms with Crippen LogP contribution >= 0.6 is 0 Å². The van der Waals surface area contributed by atoms with E-state index in [-0.39, 0.29) is 18.4 Å². The molecule has 0 saturated carbocycles. The van der Waals surface area contributed by atoms with Gasteiger partial charge in [0.2, 0.25) is 0 Å². The largest absolute Gasteiger partial charge is 0.492 e. The molecule has 2 amide bonds. The zero-order valence-corrected chi connectivity index (χ0v) is 18.9. The highest BCUT2D eigenvalue weighted by atomic mass is 16.5. The van der Waals surface area contributed by atoms with Crippen molar-refractivity contribution >= 4 is 11.8 Å². The number of carbonyl (C=O) groups is 2. The molecule has 0 spiro atoms. The molecule has 1 heterocycles. The van der Waals surface area contributed by atoms with Gasteiger partial charge in [-0.05, 0) is 56.5 Å². The molecule has 172 valence electrons. The maximum absolute atomic E-state index is 12.8. The predicted octanol–water partition coefficient (Wildman–Crippen LogP) is 3.63. The molecule has 2 aromatic carbocycles. The van der Waals surface area contributed by atoms with Gasteiger partial charge in [0.1, 0.15) is 12.4 Å². The predicted molar refractivity (Wildman–Crippen MR) is 122 cm³/mol. The lowest BCUT2D eigenvalue weighted by Gasteiger charge is -2.26. The van der Waals surface area contributed by atoms with Crippen LogP contribution in [0.2, 0.25) is 0 Å². The Morgan fingerprint density at radius 2 is 1.69 bits per heavy atom. The summed E-state index contributed by atoms with van der Waals surface area (Å²) in [6, 6.07) is 14.6. The quantitative estimate of drug-likeness (QED) is 0.564. The molecule has 0 N–H and O–H groups in total. The number of hydrogen-bond donors (Lipinski definition) is 0. The van der Waals surface area contributed by atoms with Crippen molar-refractivity contribution in [2.75, 3.05) is 46.5 Å². The topological polar surface area (TPSA) is 68.3 Å². The van der Waals surface area contributed by atoms with E-state index in [0.717, 1.165) is 31.7 Å². The number of amides is 2. The van der Waals surface area contributed by atoms with Gasteiger partial charge in [-0.3, -0.25) is 9.59 Å². The molecule has 0 atom stereocenters. The number of likely N-dealkylation sites (N-methyl/N-ethyl adjacent to an activating group) is 1. The first-order chi connectivity index (χ1) is 15.6. The van der Waals surface area contributed by atoms with E-state index in [2.05, 4.69) is 0 Å². The molecular formula is C25H32N2O5. The number of likely N-dealkylation sites (tertiary alicyclic amines) is 1. The highest BCUT2D eigenvalue weighted by Crippen LogP contribution is 2.29. The Balaban J connectivity index is 1.57. The van der Waals surface area contributed by atoms with Crippen LogP contribution in [0.25, 0.3) is 0 Å². The van der Waals surface area contributed by atoms with Crippen LogP contribution in [0, 0.1) is 0 Å². The Morgan fingerprint density at radius 1 is 0.938 bits per heavy atom. The van der Waals surface area contributed by atoms with Crippen LogP contribution in [0.15, 0.2) is 48.5 Å². The fourth-order valence-electron chi connectivity index (χ4n) is 3.54. The number of rotatable bonds is 10. The molecule has 32 heavy (non-hydrogen) atoms. The van der Waals surface area contributed by atoms with Crippen LogP contribution in [-0.2, 0) is 4.79 Å². The maximum Gasteiger partial charge on any atom is 0.260 e. The van der Waals surface area contributed by atoms with Crippen LogP contribution in [0.4, 0.5) is 0 Å². The van der Waals surface area contributed by atoms with Crippen LogP contribution < -0.4 is 14.2 Å². The molecule has 1 aliphatic rings. The molecule has 1 fully saturated rings. The lowest BCUT2D eigenvalue weighted by atomic mass is 10.1. The maximum atomic E-state index is 12.8. The van der Waals surface area contributed by atoms with E-state index in [0.29, 0.717) is 36.8 Å². The molecule has 3 rings (SSSR count). The number of nitrogens with zero attached hydrogens (tertiary/aromatic N) is 2. The van der Waals surface area contributed by atoms with Crippen molar-refractivity contribution in [3.8, 4) is 17.2 Å². The van der Waals surface area contributed by atoms with Crippen molar-refractivity contribution in [3.05, 3.63) is 54.1 Å². The standard InChI is InChI=1S/C25H32N2O5/c1-3-30-23-18-20(25(29)26(2)16-17-31-21-10-6-4-7-11-21)12-13-22(23)32-19-24(28)27-14-8-5-9-15-27/h4,6-7,10-13,18H,3,5,8-9,14-17,19H2,1-2H3. The Morgan fingerprint density at radius 3 is 2.41 bits per heavy atom. The number of hydrogen-bond acceptors (Lipinski definition) is 5. The average molecular weight is 441 g/mol. The highest BCUT2D eigenvalue weighted by molar-refractivity contribution is 5.94. The molecule has 7 nitrogen and oxygen atoms in total. The Labute approximate surface area is 189 Å². The molecule has 1 aliphatic heterocycles. The van der Waals surface area contributed by atoms with Gasteiger partial charge in [-0.15, -0.1) is 0 Å². The van der Waals surface area contributed by atoms with E-state index in [9.17, 15) is 9.59 Å². The highest BCUT2D eigenvalue weighted by Gasteiger charge is 2.19. The summed E-state index contributed by atoms with van der Waals surface area (Å²) >= 11 is 0. The molecule has 1 saturated heterocycles. The van der Waals surface area contributed by atoms with Crippen LogP contribution in [0.1, 0.15) is 36.5 Å². The van der Waals surface area contributed by atoms with Gasteiger partial charge in [0.15, 0.2) is 18.1 Å². The van der Waals surface area contributed by atoms with Gasteiger partial charge >= 0.3 is 0 Å². The van der Waals surface area contributed by atoms with E-state index in [4.69, 9.17) is 14.2 Å². The van der Waals surface area contributed by atoms with Gasteiger partial charge in [-0.1, -0.05) is 18.2 Å². The number of benzene rings is 2. The van der Waals surface area contributed by atoms with Gasteiger partial charge in [0.05, 0.1) is 13.2 Å². The number of ether oxygens (including phenoxy) is 3. The fraction of sp³-hybridized carbons (Fsp3) is 0.440. The molecule has 7 heteroatoms. The smallest absolute Gasteiger partial charge is 0.260 e. The van der Waals surface area contributed by atoms with Crippen molar-refractivity contribution in [2.24, 2.45) is 0 Å². The number of para-hydroxylation sites is 1. The van der Waals surface area contributed by atoms with Crippen molar-refractivity contribution in [1.29, 1.82) is 0 Å². The third-order valence-corrected chi connectivity index (χ3v) is 5.34. The number of carbonyl (C=O) groups excluding carboxylic acids is 2. The third-order valence-electron chi connectivity index (χ3n) is 5.34. The molecule has 0 aromatic heterocycles. The summed E-state index contributed by atoms with van der Waals surface area (Å²) < 4.78 is 17.1. The third kappa shape index (κ3) is 6.64. The second-order valence-corrected chi connectivity index (χ2v) is 7.71. The van der Waals surface area contributed by atoms with Crippen molar-refractivity contribution in [2.45, 2.75) is 26.2 Å². The van der Waals surface area contributed by atoms with E-state index in [1.165, 1.54) is 6.42 Å². The monoisotopic (exact) mass is 440 g/mol. The summed E-state index contributed by atoms with van der Waals surface area (Å²) in [6.45, 7) is 4.66. The molecule has 0 aliphatic carbocycles. The van der Waals surface area contributed by atoms with Crippen LogP contribution in [-0.4, -0.2) is 68.1 Å². The summed E-state index contributed by atoms with van der Waals surface area (Å²) in [4.78, 5) is 28.7. The van der Waals surface area contributed by atoms with Crippen molar-refractivity contribution in [3.63, 3.8) is 0 Å². The van der Waals surface area contributed by atoms with E-state index < -0.39 is 0 Å². The van der Waals surface area contributed by atoms with Gasteiger partial charge in [0, 0.05) is 25.7 Å². The van der Waals surface area contributed by atoms with E-state index in [1.54, 1.807) is 30.1 Å². The summed E-state index contributed by atoms with van der Waals surface area (Å²) in [5, 5.41) is 0. The molecule has 0 radical (unpaired) electrons. The lowest BCUT2D eigenvalue weighted by molar-refractivity contribution is -0.134. The van der Waals surface area contributed by atoms with E-state index in [1.807, 2.05) is 42.2 Å². The molecule has 0 bridgehead atoms. The minimum atomic E-state index is -0.140. The summed E-state index contributed by atoms with van der Waals surface area (Å²) in [7, 11) is 1.73. The molecule has 0 unspecified atom stereocenters. The summed E-state index contributed by atoms with van der Waals surface area (Å²) in [6.07, 6.45) is 3.24. The Hall–Kier alpha value is -3.22. The fourth-order valence-corrected chi connectivity index (χ4v) is 3.54.